The zero-order valence-corrected chi connectivity index (χ0v) is 32.0. The topological polar surface area (TPSA) is 6.48 Å². The van der Waals surface area contributed by atoms with E-state index in [0.29, 0.717) is 0 Å². The highest BCUT2D eigenvalue weighted by Gasteiger charge is 2.37. The minimum absolute atomic E-state index is 0.0752. The van der Waals surface area contributed by atoms with Gasteiger partial charge in [0.2, 0.25) is 0 Å². The van der Waals surface area contributed by atoms with E-state index in [2.05, 4.69) is 222 Å². The second kappa shape index (κ2) is 13.3. The molecule has 7 aromatic rings. The van der Waals surface area contributed by atoms with E-state index >= 15 is 0 Å². The zero-order chi connectivity index (χ0) is 36.9. The number of hydrogen-bond acceptors (Lipinski definition) is 2. The first-order valence-electron chi connectivity index (χ1n) is 18.8. The van der Waals surface area contributed by atoms with Crippen molar-refractivity contribution in [1.29, 1.82) is 0 Å². The van der Waals surface area contributed by atoms with Gasteiger partial charge in [0, 0.05) is 39.4 Å². The van der Waals surface area contributed by atoms with Crippen molar-refractivity contribution in [2.75, 3.05) is 9.80 Å². The van der Waals surface area contributed by atoms with Gasteiger partial charge in [0.05, 0.1) is 5.69 Å². The molecule has 8 rings (SSSR count). The van der Waals surface area contributed by atoms with Gasteiger partial charge in [0.15, 0.2) is 0 Å². The van der Waals surface area contributed by atoms with Crippen molar-refractivity contribution < 1.29 is 0 Å². The maximum absolute atomic E-state index is 2.44. The van der Waals surface area contributed by atoms with Crippen LogP contribution in [0.3, 0.4) is 0 Å². The summed E-state index contributed by atoms with van der Waals surface area (Å²) in [6.45, 7) is 15.8. The summed E-state index contributed by atoms with van der Waals surface area (Å²) in [6, 6.07) is 60.4. The highest BCUT2D eigenvalue weighted by molar-refractivity contribution is 5.95. The van der Waals surface area contributed by atoms with E-state index in [0.717, 1.165) is 28.4 Å². The predicted molar refractivity (Wildman–Crippen MR) is 227 cm³/mol. The van der Waals surface area contributed by atoms with Crippen molar-refractivity contribution >= 4 is 34.1 Å². The van der Waals surface area contributed by atoms with Crippen molar-refractivity contribution in [2.24, 2.45) is 0 Å². The Kier molecular flexibility index (Phi) is 8.58. The smallest absolute Gasteiger partial charge is 0.0543 e. The van der Waals surface area contributed by atoms with Crippen LogP contribution in [-0.4, -0.2) is 0 Å². The predicted octanol–water partition coefficient (Wildman–Crippen LogP) is 14.5. The fraction of sp³-hybridized carbons (Fsp3) is 0.176. The SMILES string of the molecule is Cc1ccc(N(c2ccc(C)cc2)c2ccc(-c3ccc(N(c4ccc(C(C)(C)C)cc4)c4cccc5c4-c4ccccc4C5(C)C)cc3)cc2)cc1. The third-order valence-corrected chi connectivity index (χ3v) is 11.0. The van der Waals surface area contributed by atoms with Crippen LogP contribution in [0.1, 0.15) is 62.4 Å². The van der Waals surface area contributed by atoms with Gasteiger partial charge in [0.25, 0.3) is 0 Å². The summed E-state index contributed by atoms with van der Waals surface area (Å²) in [5.74, 6) is 0. The number of benzene rings is 7. The summed E-state index contributed by atoms with van der Waals surface area (Å²) in [6.07, 6.45) is 0. The van der Waals surface area contributed by atoms with Gasteiger partial charge in [-0.2, -0.15) is 0 Å². The van der Waals surface area contributed by atoms with Crippen LogP contribution in [-0.2, 0) is 10.8 Å². The van der Waals surface area contributed by atoms with Crippen LogP contribution in [0.15, 0.2) is 164 Å². The van der Waals surface area contributed by atoms with Crippen molar-refractivity contribution in [3.8, 4) is 22.3 Å². The lowest BCUT2D eigenvalue weighted by molar-refractivity contribution is 0.590. The van der Waals surface area contributed by atoms with Crippen LogP contribution in [0.25, 0.3) is 22.3 Å². The molecule has 7 aromatic carbocycles. The summed E-state index contributed by atoms with van der Waals surface area (Å²) in [4.78, 5) is 4.77. The number of nitrogens with zero attached hydrogens (tertiary/aromatic N) is 2. The molecule has 0 heterocycles. The average Bonchev–Trinajstić information content (AvgIpc) is 3.40. The van der Waals surface area contributed by atoms with Gasteiger partial charge in [-0.25, -0.2) is 0 Å². The number of aryl methyl sites for hydroxylation is 2. The second-order valence-electron chi connectivity index (χ2n) is 16.1. The normalized spacial score (nSPS) is 13.0. The molecule has 0 saturated carbocycles. The van der Waals surface area contributed by atoms with E-state index in [9.17, 15) is 0 Å². The fourth-order valence-corrected chi connectivity index (χ4v) is 7.90. The Balaban J connectivity index is 1.18. The third kappa shape index (κ3) is 6.33. The Bertz CT molecular complexity index is 2330. The van der Waals surface area contributed by atoms with Crippen LogP contribution < -0.4 is 9.80 Å². The van der Waals surface area contributed by atoms with Gasteiger partial charge in [-0.3, -0.25) is 0 Å². The molecule has 0 aromatic heterocycles. The number of anilines is 6. The van der Waals surface area contributed by atoms with Crippen molar-refractivity contribution in [3.63, 3.8) is 0 Å². The summed E-state index contributed by atoms with van der Waals surface area (Å²) < 4.78 is 0. The average molecular weight is 689 g/mol. The quantitative estimate of drug-likeness (QED) is 0.164. The summed E-state index contributed by atoms with van der Waals surface area (Å²) in [5.41, 5.74) is 18.5. The molecule has 0 saturated heterocycles. The van der Waals surface area contributed by atoms with E-state index in [1.54, 1.807) is 0 Å². The van der Waals surface area contributed by atoms with Gasteiger partial charge in [0.1, 0.15) is 0 Å². The molecule has 0 bridgehead atoms. The van der Waals surface area contributed by atoms with Crippen molar-refractivity contribution in [3.05, 3.63) is 192 Å². The maximum atomic E-state index is 2.44. The lowest BCUT2D eigenvalue weighted by Gasteiger charge is -2.30. The Morgan fingerprint density at radius 3 is 1.32 bits per heavy atom. The molecular formula is C51H48N2. The molecule has 0 fully saturated rings. The molecule has 0 N–H and O–H groups in total. The monoisotopic (exact) mass is 688 g/mol. The first-order chi connectivity index (χ1) is 25.5. The van der Waals surface area contributed by atoms with Crippen LogP contribution in [0.2, 0.25) is 0 Å². The molecule has 53 heavy (non-hydrogen) atoms. The van der Waals surface area contributed by atoms with Gasteiger partial charge < -0.3 is 9.80 Å². The molecule has 0 aliphatic heterocycles. The number of rotatable bonds is 7. The van der Waals surface area contributed by atoms with Crippen LogP contribution in [0.4, 0.5) is 34.1 Å². The van der Waals surface area contributed by atoms with Crippen LogP contribution in [0.5, 0.6) is 0 Å². The Labute approximate surface area is 316 Å². The molecule has 0 spiro atoms. The summed E-state index contributed by atoms with van der Waals surface area (Å²) >= 11 is 0. The third-order valence-electron chi connectivity index (χ3n) is 11.0. The van der Waals surface area contributed by atoms with E-state index in [1.807, 2.05) is 0 Å². The number of fused-ring (bicyclic) bond motifs is 3. The van der Waals surface area contributed by atoms with Crippen LogP contribution in [0, 0.1) is 13.8 Å². The minimum Gasteiger partial charge on any atom is -0.311 e. The zero-order valence-electron chi connectivity index (χ0n) is 32.0. The van der Waals surface area contributed by atoms with E-state index < -0.39 is 0 Å². The molecule has 262 valence electrons. The van der Waals surface area contributed by atoms with E-state index in [-0.39, 0.29) is 10.8 Å². The molecule has 1 aliphatic rings. The first-order valence-corrected chi connectivity index (χ1v) is 18.8. The van der Waals surface area contributed by atoms with Gasteiger partial charge in [-0.15, -0.1) is 0 Å². The molecule has 0 unspecified atom stereocenters. The highest BCUT2D eigenvalue weighted by Crippen LogP contribution is 2.54. The lowest BCUT2D eigenvalue weighted by atomic mass is 9.82. The Hall–Kier alpha value is -5.86. The Morgan fingerprint density at radius 2 is 0.830 bits per heavy atom. The minimum atomic E-state index is -0.0752. The summed E-state index contributed by atoms with van der Waals surface area (Å²) in [5, 5.41) is 0. The van der Waals surface area contributed by atoms with Crippen molar-refractivity contribution in [1.82, 2.24) is 0 Å². The molecule has 0 atom stereocenters. The maximum Gasteiger partial charge on any atom is 0.0543 e. The largest absolute Gasteiger partial charge is 0.311 e. The van der Waals surface area contributed by atoms with Gasteiger partial charge >= 0.3 is 0 Å². The fourth-order valence-electron chi connectivity index (χ4n) is 7.90. The lowest BCUT2D eigenvalue weighted by Crippen LogP contribution is -2.16. The summed E-state index contributed by atoms with van der Waals surface area (Å²) in [7, 11) is 0. The van der Waals surface area contributed by atoms with Gasteiger partial charge in [-0.1, -0.05) is 143 Å². The van der Waals surface area contributed by atoms with Gasteiger partial charge in [-0.05, 0) is 119 Å². The van der Waals surface area contributed by atoms with Crippen LogP contribution >= 0.6 is 0 Å². The molecule has 2 nitrogen and oxygen atoms in total. The molecule has 0 radical (unpaired) electrons. The molecule has 0 amide bonds. The highest BCUT2D eigenvalue weighted by atomic mass is 15.1. The first kappa shape index (κ1) is 34.2. The second-order valence-corrected chi connectivity index (χ2v) is 16.1. The van der Waals surface area contributed by atoms with E-state index in [1.165, 1.54) is 55.8 Å². The molecule has 2 heteroatoms. The van der Waals surface area contributed by atoms with Crippen molar-refractivity contribution in [2.45, 2.75) is 59.3 Å². The number of hydrogen-bond donors (Lipinski definition) is 0. The Morgan fingerprint density at radius 1 is 0.415 bits per heavy atom. The standard InChI is InChI=1S/C51H48N2/c1-35-15-25-40(26-16-35)52(41-27-17-36(2)18-28-41)42-29-19-37(20-30-42)38-21-31-43(32-22-38)53(44-33-23-39(24-34-44)50(3,4)5)48-14-10-13-47-49(48)45-11-8-9-12-46(45)51(47,6)7/h8-34H,1-7H3. The van der Waals surface area contributed by atoms with E-state index in [4.69, 9.17) is 0 Å². The molecule has 1 aliphatic carbocycles. The molecular weight excluding hydrogens is 641 g/mol.